The summed E-state index contributed by atoms with van der Waals surface area (Å²) in [6.45, 7) is 3.31. The molecule has 0 saturated heterocycles. The number of para-hydroxylation sites is 1. The molecule has 5 nitrogen and oxygen atoms in total. The number of hydrogen-bond acceptors (Lipinski definition) is 2. The molecule has 1 amide bonds. The van der Waals surface area contributed by atoms with Crippen molar-refractivity contribution < 1.29 is 18.0 Å². The van der Waals surface area contributed by atoms with E-state index in [2.05, 4.69) is 10.3 Å². The fraction of sp³-hybridized carbons (Fsp3) is 0.130. The first kappa shape index (κ1) is 20.5. The van der Waals surface area contributed by atoms with Crippen LogP contribution in [0, 0.1) is 13.8 Å². The molecule has 0 unspecified atom stereocenters. The second kappa shape index (κ2) is 7.79. The summed E-state index contributed by atoms with van der Waals surface area (Å²) < 4.78 is 43.7. The lowest BCUT2D eigenvalue weighted by molar-refractivity contribution is -0.137. The highest BCUT2D eigenvalue weighted by Crippen LogP contribution is 2.35. The molecular weight excluding hydrogens is 405 g/mol. The zero-order valence-corrected chi connectivity index (χ0v) is 16.8. The average Bonchev–Trinajstić information content (AvgIpc) is 3.36. The molecule has 8 heteroatoms. The Bertz CT molecular complexity index is 1220. The Kier molecular flexibility index (Phi) is 5.14. The number of hydrogen-bond donors (Lipinski definition) is 1. The molecule has 2 aromatic carbocycles. The third kappa shape index (κ3) is 3.96. The van der Waals surface area contributed by atoms with E-state index >= 15 is 0 Å². The molecule has 2 aromatic heterocycles. The zero-order valence-electron chi connectivity index (χ0n) is 16.8. The van der Waals surface area contributed by atoms with Crippen LogP contribution < -0.4 is 5.32 Å². The van der Waals surface area contributed by atoms with Gasteiger partial charge in [0.2, 0.25) is 0 Å². The van der Waals surface area contributed by atoms with Crippen LogP contribution in [0.1, 0.15) is 27.3 Å². The molecule has 0 aliphatic carbocycles. The van der Waals surface area contributed by atoms with Gasteiger partial charge in [0.05, 0.1) is 23.1 Å². The molecule has 4 rings (SSSR count). The summed E-state index contributed by atoms with van der Waals surface area (Å²) >= 11 is 0. The average molecular weight is 424 g/mol. The number of carbonyl (C=O) groups excluding carboxylic acids is 1. The summed E-state index contributed by atoms with van der Waals surface area (Å²) in [5.41, 5.74) is 1.99. The fourth-order valence-electron chi connectivity index (χ4n) is 3.60. The third-order valence-corrected chi connectivity index (χ3v) is 5.05. The Labute approximate surface area is 176 Å². The number of aryl methyl sites for hydroxylation is 1. The molecule has 1 N–H and O–H groups in total. The van der Waals surface area contributed by atoms with Crippen molar-refractivity contribution in [3.8, 4) is 11.4 Å². The maximum atomic E-state index is 13.5. The van der Waals surface area contributed by atoms with Gasteiger partial charge in [0, 0.05) is 35.2 Å². The van der Waals surface area contributed by atoms with Gasteiger partial charge in [-0.25, -0.2) is 4.98 Å². The highest BCUT2D eigenvalue weighted by Gasteiger charge is 2.34. The van der Waals surface area contributed by atoms with E-state index < -0.39 is 11.7 Å². The number of nitrogens with zero attached hydrogens (tertiary/aromatic N) is 3. The molecule has 0 aliphatic heterocycles. The van der Waals surface area contributed by atoms with E-state index in [4.69, 9.17) is 0 Å². The Hall–Kier alpha value is -3.81. The van der Waals surface area contributed by atoms with Gasteiger partial charge in [-0.05, 0) is 56.3 Å². The molecule has 0 spiro atoms. The standard InChI is InChI=1S/C23H19F3N4O/c1-15-13-19(16(2)30(15)21-6-4-3-5-20(21)23(24,25)26)22(31)28-17-7-9-18(10-8-17)29-12-11-27-14-29/h3-14H,1-2H3,(H,28,31). The van der Waals surface area contributed by atoms with Gasteiger partial charge in [-0.1, -0.05) is 12.1 Å². The van der Waals surface area contributed by atoms with Crippen LogP contribution >= 0.6 is 0 Å². The van der Waals surface area contributed by atoms with E-state index in [1.807, 2.05) is 16.7 Å². The summed E-state index contributed by atoms with van der Waals surface area (Å²) in [5.74, 6) is -0.390. The molecular formula is C23H19F3N4O. The lowest BCUT2D eigenvalue weighted by Gasteiger charge is -2.16. The number of aromatic nitrogens is 3. The first-order valence-corrected chi connectivity index (χ1v) is 9.51. The Morgan fingerprint density at radius 2 is 1.74 bits per heavy atom. The summed E-state index contributed by atoms with van der Waals surface area (Å²) in [4.78, 5) is 16.9. The normalized spacial score (nSPS) is 11.5. The van der Waals surface area contributed by atoms with Crippen LogP contribution in [0.4, 0.5) is 18.9 Å². The number of halogens is 3. The Morgan fingerprint density at radius 3 is 2.39 bits per heavy atom. The van der Waals surface area contributed by atoms with Crippen molar-refractivity contribution in [2.24, 2.45) is 0 Å². The quantitative estimate of drug-likeness (QED) is 0.467. The second-order valence-electron chi connectivity index (χ2n) is 7.11. The van der Waals surface area contributed by atoms with E-state index in [0.717, 1.165) is 11.8 Å². The van der Waals surface area contributed by atoms with Gasteiger partial charge in [-0.15, -0.1) is 0 Å². The highest BCUT2D eigenvalue weighted by atomic mass is 19.4. The van der Waals surface area contributed by atoms with Crippen LogP contribution in [-0.2, 0) is 6.18 Å². The fourth-order valence-corrected chi connectivity index (χ4v) is 3.60. The number of benzene rings is 2. The van der Waals surface area contributed by atoms with Crippen LogP contribution in [0.5, 0.6) is 0 Å². The van der Waals surface area contributed by atoms with Crippen LogP contribution in [0.15, 0.2) is 73.3 Å². The number of nitrogens with one attached hydrogen (secondary N) is 1. The lowest BCUT2D eigenvalue weighted by Crippen LogP contribution is -2.15. The van der Waals surface area contributed by atoms with Crippen molar-refractivity contribution in [1.29, 1.82) is 0 Å². The molecule has 0 atom stereocenters. The van der Waals surface area contributed by atoms with E-state index in [0.29, 0.717) is 22.6 Å². The second-order valence-corrected chi connectivity index (χ2v) is 7.11. The SMILES string of the molecule is Cc1cc(C(=O)Nc2ccc(-n3ccnc3)cc2)c(C)n1-c1ccccc1C(F)(F)F. The number of carbonyl (C=O) groups is 1. The van der Waals surface area contributed by atoms with E-state index in [9.17, 15) is 18.0 Å². The molecule has 0 aliphatic rings. The predicted octanol–water partition coefficient (Wildman–Crippen LogP) is 5.55. The minimum Gasteiger partial charge on any atom is -0.322 e. The monoisotopic (exact) mass is 424 g/mol. The van der Waals surface area contributed by atoms with Gasteiger partial charge in [-0.2, -0.15) is 13.2 Å². The van der Waals surface area contributed by atoms with Gasteiger partial charge in [0.1, 0.15) is 0 Å². The van der Waals surface area contributed by atoms with Gasteiger partial charge < -0.3 is 14.5 Å². The number of anilines is 1. The van der Waals surface area contributed by atoms with Crippen LogP contribution in [-0.4, -0.2) is 20.0 Å². The molecule has 31 heavy (non-hydrogen) atoms. The van der Waals surface area contributed by atoms with Crippen molar-refractivity contribution in [1.82, 2.24) is 14.1 Å². The first-order chi connectivity index (χ1) is 14.8. The Morgan fingerprint density at radius 1 is 1.03 bits per heavy atom. The molecule has 2 heterocycles. The highest BCUT2D eigenvalue weighted by molar-refractivity contribution is 6.05. The summed E-state index contributed by atoms with van der Waals surface area (Å²) in [5, 5.41) is 2.81. The molecule has 0 saturated carbocycles. The zero-order chi connectivity index (χ0) is 22.2. The van der Waals surface area contributed by atoms with Crippen LogP contribution in [0.3, 0.4) is 0 Å². The number of imidazole rings is 1. The maximum absolute atomic E-state index is 13.5. The molecule has 0 radical (unpaired) electrons. The van der Waals surface area contributed by atoms with Crippen molar-refractivity contribution in [2.75, 3.05) is 5.32 Å². The van der Waals surface area contributed by atoms with Crippen molar-refractivity contribution in [3.05, 3.63) is 95.8 Å². The van der Waals surface area contributed by atoms with E-state index in [1.54, 1.807) is 56.8 Å². The topological polar surface area (TPSA) is 51.9 Å². The van der Waals surface area contributed by atoms with Crippen molar-refractivity contribution in [2.45, 2.75) is 20.0 Å². The first-order valence-electron chi connectivity index (χ1n) is 9.51. The van der Waals surface area contributed by atoms with Crippen LogP contribution in [0.25, 0.3) is 11.4 Å². The number of rotatable bonds is 4. The third-order valence-electron chi connectivity index (χ3n) is 5.05. The molecule has 0 bridgehead atoms. The molecule has 0 fully saturated rings. The smallest absolute Gasteiger partial charge is 0.322 e. The summed E-state index contributed by atoms with van der Waals surface area (Å²) in [6.07, 6.45) is 0.643. The summed E-state index contributed by atoms with van der Waals surface area (Å²) in [6, 6.07) is 14.1. The number of alkyl halides is 3. The largest absolute Gasteiger partial charge is 0.418 e. The Balaban J connectivity index is 1.63. The van der Waals surface area contributed by atoms with Crippen molar-refractivity contribution in [3.63, 3.8) is 0 Å². The van der Waals surface area contributed by atoms with Gasteiger partial charge in [-0.3, -0.25) is 4.79 Å². The predicted molar refractivity (Wildman–Crippen MR) is 112 cm³/mol. The van der Waals surface area contributed by atoms with Gasteiger partial charge in [0.15, 0.2) is 0 Å². The summed E-state index contributed by atoms with van der Waals surface area (Å²) in [7, 11) is 0. The van der Waals surface area contributed by atoms with E-state index in [1.165, 1.54) is 16.7 Å². The van der Waals surface area contributed by atoms with Gasteiger partial charge in [0.25, 0.3) is 5.91 Å². The lowest BCUT2D eigenvalue weighted by atomic mass is 10.1. The minimum atomic E-state index is -4.50. The number of amides is 1. The van der Waals surface area contributed by atoms with E-state index in [-0.39, 0.29) is 11.6 Å². The van der Waals surface area contributed by atoms with Gasteiger partial charge >= 0.3 is 6.18 Å². The minimum absolute atomic E-state index is 0.00580. The molecule has 4 aromatic rings. The maximum Gasteiger partial charge on any atom is 0.418 e. The molecule has 158 valence electrons. The van der Waals surface area contributed by atoms with Crippen LogP contribution in [0.2, 0.25) is 0 Å². The van der Waals surface area contributed by atoms with Crippen molar-refractivity contribution >= 4 is 11.6 Å².